The second kappa shape index (κ2) is 5.13. The van der Waals surface area contributed by atoms with E-state index in [4.69, 9.17) is 0 Å². The quantitative estimate of drug-likeness (QED) is 0.725. The summed E-state index contributed by atoms with van der Waals surface area (Å²) in [5.41, 5.74) is 0. The number of likely N-dealkylation sites (tertiary alicyclic amines) is 1. The molecule has 0 aliphatic carbocycles. The fourth-order valence-corrected chi connectivity index (χ4v) is 2.84. The lowest BCUT2D eigenvalue weighted by atomic mass is 9.98. The van der Waals surface area contributed by atoms with E-state index in [2.05, 4.69) is 17.1 Å². The van der Waals surface area contributed by atoms with Gasteiger partial charge in [-0.1, -0.05) is 13.3 Å². The van der Waals surface area contributed by atoms with Crippen molar-refractivity contribution < 1.29 is 0 Å². The highest BCUT2D eigenvalue weighted by Crippen LogP contribution is 2.17. The molecular formula is C12H24N2. The summed E-state index contributed by atoms with van der Waals surface area (Å²) >= 11 is 0. The predicted molar refractivity (Wildman–Crippen MR) is 60.5 cm³/mol. The van der Waals surface area contributed by atoms with E-state index in [0.29, 0.717) is 0 Å². The van der Waals surface area contributed by atoms with Crippen LogP contribution in [0.2, 0.25) is 0 Å². The molecule has 0 saturated carbocycles. The van der Waals surface area contributed by atoms with Crippen LogP contribution in [0.1, 0.15) is 39.0 Å². The molecule has 2 fully saturated rings. The number of piperidine rings is 2. The van der Waals surface area contributed by atoms with E-state index < -0.39 is 0 Å². The molecule has 14 heavy (non-hydrogen) atoms. The number of hydrogen-bond acceptors (Lipinski definition) is 2. The first-order chi connectivity index (χ1) is 6.84. The first-order valence-corrected chi connectivity index (χ1v) is 6.30. The lowest BCUT2D eigenvalue weighted by molar-refractivity contribution is 0.159. The Morgan fingerprint density at radius 1 is 1.21 bits per heavy atom. The van der Waals surface area contributed by atoms with E-state index in [1.54, 1.807) is 0 Å². The highest BCUT2D eigenvalue weighted by Gasteiger charge is 2.20. The van der Waals surface area contributed by atoms with Crippen molar-refractivity contribution in [3.63, 3.8) is 0 Å². The molecule has 82 valence electrons. The summed E-state index contributed by atoms with van der Waals surface area (Å²) in [4.78, 5) is 2.66. The summed E-state index contributed by atoms with van der Waals surface area (Å²) in [6, 6.07) is 0.786. The minimum Gasteiger partial charge on any atom is -0.313 e. The van der Waals surface area contributed by atoms with Gasteiger partial charge in [0.2, 0.25) is 0 Å². The maximum Gasteiger partial charge on any atom is 0.0195 e. The van der Waals surface area contributed by atoms with E-state index in [0.717, 1.165) is 12.0 Å². The summed E-state index contributed by atoms with van der Waals surface area (Å²) in [5, 5.41) is 3.64. The summed E-state index contributed by atoms with van der Waals surface area (Å²) in [7, 11) is 0. The average Bonchev–Trinajstić information content (AvgIpc) is 2.19. The summed E-state index contributed by atoms with van der Waals surface area (Å²) in [5.74, 6) is 0.923. The Morgan fingerprint density at radius 2 is 2.14 bits per heavy atom. The fraction of sp³-hybridized carbons (Fsp3) is 1.00. The Labute approximate surface area is 88.1 Å². The van der Waals surface area contributed by atoms with Crippen molar-refractivity contribution in [3.05, 3.63) is 0 Å². The third-order valence-electron chi connectivity index (χ3n) is 3.63. The lowest BCUT2D eigenvalue weighted by Gasteiger charge is -2.35. The normalized spacial score (nSPS) is 35.8. The molecule has 0 amide bonds. The molecular weight excluding hydrogens is 172 g/mol. The number of nitrogens with zero attached hydrogens (tertiary/aromatic N) is 1. The van der Waals surface area contributed by atoms with Crippen molar-refractivity contribution in [3.8, 4) is 0 Å². The van der Waals surface area contributed by atoms with Gasteiger partial charge in [0, 0.05) is 19.1 Å². The van der Waals surface area contributed by atoms with Crippen LogP contribution in [0.3, 0.4) is 0 Å². The highest BCUT2D eigenvalue weighted by molar-refractivity contribution is 4.78. The fourth-order valence-electron chi connectivity index (χ4n) is 2.84. The van der Waals surface area contributed by atoms with E-state index in [-0.39, 0.29) is 0 Å². The molecule has 0 aromatic carbocycles. The monoisotopic (exact) mass is 196 g/mol. The van der Waals surface area contributed by atoms with Crippen molar-refractivity contribution in [1.29, 1.82) is 0 Å². The van der Waals surface area contributed by atoms with Gasteiger partial charge in [-0.15, -0.1) is 0 Å². The molecule has 0 bridgehead atoms. The molecule has 2 saturated heterocycles. The van der Waals surface area contributed by atoms with E-state index in [1.165, 1.54) is 58.3 Å². The van der Waals surface area contributed by atoms with Crippen LogP contribution in [0.5, 0.6) is 0 Å². The summed E-state index contributed by atoms with van der Waals surface area (Å²) in [6.45, 7) is 7.60. The Hall–Kier alpha value is -0.0800. The number of hydrogen-bond donors (Lipinski definition) is 1. The van der Waals surface area contributed by atoms with E-state index >= 15 is 0 Å². The zero-order chi connectivity index (χ0) is 9.80. The van der Waals surface area contributed by atoms with Crippen molar-refractivity contribution in [1.82, 2.24) is 10.2 Å². The SMILES string of the molecule is C[C@H]1CCCN(C[C@@H]2CCCCN2)C1. The van der Waals surface area contributed by atoms with Crippen molar-refractivity contribution in [2.24, 2.45) is 5.92 Å². The van der Waals surface area contributed by atoms with Gasteiger partial charge in [0.1, 0.15) is 0 Å². The van der Waals surface area contributed by atoms with Crippen LogP contribution < -0.4 is 5.32 Å². The van der Waals surface area contributed by atoms with E-state index in [9.17, 15) is 0 Å². The van der Waals surface area contributed by atoms with Gasteiger partial charge in [0.05, 0.1) is 0 Å². The zero-order valence-electron chi connectivity index (χ0n) is 9.47. The van der Waals surface area contributed by atoms with Crippen LogP contribution in [-0.2, 0) is 0 Å². The molecule has 0 unspecified atom stereocenters. The second-order valence-corrected chi connectivity index (χ2v) is 5.15. The van der Waals surface area contributed by atoms with Crippen molar-refractivity contribution in [2.75, 3.05) is 26.2 Å². The third-order valence-corrected chi connectivity index (χ3v) is 3.63. The molecule has 0 spiro atoms. The van der Waals surface area contributed by atoms with Crippen LogP contribution in [-0.4, -0.2) is 37.1 Å². The molecule has 0 aromatic heterocycles. The molecule has 2 atom stereocenters. The Balaban J connectivity index is 1.72. The van der Waals surface area contributed by atoms with Crippen LogP contribution in [0, 0.1) is 5.92 Å². The van der Waals surface area contributed by atoms with Crippen LogP contribution >= 0.6 is 0 Å². The molecule has 1 N–H and O–H groups in total. The Kier molecular flexibility index (Phi) is 3.82. The Bertz CT molecular complexity index is 164. The largest absolute Gasteiger partial charge is 0.313 e. The minimum absolute atomic E-state index is 0.786. The minimum atomic E-state index is 0.786. The smallest absolute Gasteiger partial charge is 0.0195 e. The number of nitrogens with one attached hydrogen (secondary N) is 1. The molecule has 0 aromatic rings. The Morgan fingerprint density at radius 3 is 2.86 bits per heavy atom. The van der Waals surface area contributed by atoms with Gasteiger partial charge in [-0.3, -0.25) is 0 Å². The molecule has 2 aliphatic rings. The number of rotatable bonds is 2. The third kappa shape index (κ3) is 2.96. The van der Waals surface area contributed by atoms with Gasteiger partial charge in [-0.25, -0.2) is 0 Å². The highest BCUT2D eigenvalue weighted by atomic mass is 15.2. The molecule has 2 rings (SSSR count). The molecule has 2 nitrogen and oxygen atoms in total. The standard InChI is InChI=1S/C12H24N2/c1-11-5-4-8-14(9-11)10-12-6-2-3-7-13-12/h11-13H,2-10H2,1H3/t11-,12-/m0/s1. The average molecular weight is 196 g/mol. The first kappa shape index (κ1) is 10.4. The maximum atomic E-state index is 3.64. The van der Waals surface area contributed by atoms with Gasteiger partial charge in [-0.2, -0.15) is 0 Å². The molecule has 0 radical (unpaired) electrons. The van der Waals surface area contributed by atoms with Crippen molar-refractivity contribution >= 4 is 0 Å². The van der Waals surface area contributed by atoms with Gasteiger partial charge in [0.15, 0.2) is 0 Å². The van der Waals surface area contributed by atoms with Crippen LogP contribution in [0.15, 0.2) is 0 Å². The zero-order valence-corrected chi connectivity index (χ0v) is 9.47. The van der Waals surface area contributed by atoms with E-state index in [1.807, 2.05) is 0 Å². The van der Waals surface area contributed by atoms with Gasteiger partial charge in [0.25, 0.3) is 0 Å². The van der Waals surface area contributed by atoms with Gasteiger partial charge < -0.3 is 10.2 Å². The summed E-state index contributed by atoms with van der Waals surface area (Å²) in [6.07, 6.45) is 7.06. The second-order valence-electron chi connectivity index (χ2n) is 5.15. The van der Waals surface area contributed by atoms with Gasteiger partial charge >= 0.3 is 0 Å². The lowest BCUT2D eigenvalue weighted by Crippen LogP contribution is -2.46. The van der Waals surface area contributed by atoms with Crippen molar-refractivity contribution in [2.45, 2.75) is 45.1 Å². The summed E-state index contributed by atoms with van der Waals surface area (Å²) < 4.78 is 0. The van der Waals surface area contributed by atoms with Crippen LogP contribution in [0.4, 0.5) is 0 Å². The molecule has 2 heteroatoms. The van der Waals surface area contributed by atoms with Crippen LogP contribution in [0.25, 0.3) is 0 Å². The van der Waals surface area contributed by atoms with Gasteiger partial charge in [-0.05, 0) is 44.7 Å². The maximum absolute atomic E-state index is 3.64. The topological polar surface area (TPSA) is 15.3 Å². The first-order valence-electron chi connectivity index (χ1n) is 6.30. The predicted octanol–water partition coefficient (Wildman–Crippen LogP) is 1.86. The molecule has 2 heterocycles. The molecule has 2 aliphatic heterocycles.